The predicted molar refractivity (Wildman–Crippen MR) is 126 cm³/mol. The monoisotopic (exact) mass is 431 g/mol. The maximum atomic E-state index is 10.9. The highest BCUT2D eigenvalue weighted by molar-refractivity contribution is 5.87. The summed E-state index contributed by atoms with van der Waals surface area (Å²) in [5.41, 5.74) is 2.93. The summed E-state index contributed by atoms with van der Waals surface area (Å²) < 4.78 is 0. The molecule has 3 atom stereocenters. The van der Waals surface area contributed by atoms with Gasteiger partial charge in [-0.3, -0.25) is 5.32 Å². The molecule has 0 bridgehead atoms. The van der Waals surface area contributed by atoms with Gasteiger partial charge in [0.1, 0.15) is 0 Å². The molecule has 2 fully saturated rings. The van der Waals surface area contributed by atoms with Crippen LogP contribution in [0.1, 0.15) is 59.5 Å². The number of carboxylic acids is 1. The molecule has 2 unspecified atom stereocenters. The molecule has 4 rings (SSSR count). The summed E-state index contributed by atoms with van der Waals surface area (Å²) in [5, 5.41) is 22.4. The zero-order chi connectivity index (χ0) is 22.3. The van der Waals surface area contributed by atoms with E-state index in [1.807, 2.05) is 12.1 Å². The largest absolute Gasteiger partial charge is 0.478 e. The number of hydrogen-bond acceptors (Lipinski definition) is 4. The number of nitrogens with zero attached hydrogens (tertiary/aromatic N) is 2. The van der Waals surface area contributed by atoms with Crippen LogP contribution in [0.3, 0.4) is 0 Å². The highest BCUT2D eigenvalue weighted by Gasteiger charge is 2.41. The summed E-state index contributed by atoms with van der Waals surface area (Å²) in [6, 6.07) is 20.8. The Morgan fingerprint density at radius 1 is 1.09 bits per heavy atom. The van der Waals surface area contributed by atoms with Crippen LogP contribution in [-0.4, -0.2) is 47.7 Å². The summed E-state index contributed by atoms with van der Waals surface area (Å²) in [7, 11) is 0. The van der Waals surface area contributed by atoms with E-state index in [0.29, 0.717) is 23.4 Å². The number of carbonyl (C=O) groups is 1. The average molecular weight is 432 g/mol. The van der Waals surface area contributed by atoms with Crippen molar-refractivity contribution in [3.8, 4) is 6.07 Å². The number of aryl methyl sites for hydroxylation is 1. The fourth-order valence-electron chi connectivity index (χ4n) is 4.95. The number of likely N-dealkylation sites (tertiary alicyclic amines) is 1. The lowest BCUT2D eigenvalue weighted by Gasteiger charge is -2.34. The summed E-state index contributed by atoms with van der Waals surface area (Å²) in [4.78, 5) is 13.5. The molecule has 168 valence electrons. The van der Waals surface area contributed by atoms with E-state index < -0.39 is 5.97 Å². The van der Waals surface area contributed by atoms with Crippen LogP contribution >= 0.6 is 0 Å². The van der Waals surface area contributed by atoms with Crippen LogP contribution < -0.4 is 5.32 Å². The standard InChI is InChI=1S/C27H33N3O2/c28-19-26(29-25-18-24(25)21-7-2-1-3-8-21)22-13-16-30(17-14-22)15-5-4-6-20-9-11-23(12-10-20)27(31)32/h1-3,7-12,22,24-26,29H,4-6,13-18H2,(H,31,32)/t24-,25?,26?/m0/s1. The molecule has 5 heteroatoms. The first kappa shape index (κ1) is 22.5. The molecule has 1 saturated heterocycles. The Balaban J connectivity index is 1.13. The third-order valence-electron chi connectivity index (χ3n) is 7.05. The first-order valence-electron chi connectivity index (χ1n) is 11.9. The van der Waals surface area contributed by atoms with Gasteiger partial charge in [-0.1, -0.05) is 42.5 Å². The zero-order valence-corrected chi connectivity index (χ0v) is 18.6. The summed E-state index contributed by atoms with van der Waals surface area (Å²) in [6.07, 6.45) is 6.55. The summed E-state index contributed by atoms with van der Waals surface area (Å²) >= 11 is 0. The van der Waals surface area contributed by atoms with Crippen LogP contribution in [0.2, 0.25) is 0 Å². The van der Waals surface area contributed by atoms with Crippen molar-refractivity contribution in [3.05, 3.63) is 71.3 Å². The molecule has 1 aliphatic carbocycles. The Bertz CT molecular complexity index is 914. The van der Waals surface area contributed by atoms with Gasteiger partial charge in [0.15, 0.2) is 0 Å². The number of piperidine rings is 1. The number of rotatable bonds is 10. The average Bonchev–Trinajstić information content (AvgIpc) is 3.61. The Morgan fingerprint density at radius 3 is 2.47 bits per heavy atom. The molecule has 0 spiro atoms. The van der Waals surface area contributed by atoms with Gasteiger partial charge in [-0.25, -0.2) is 4.79 Å². The van der Waals surface area contributed by atoms with Crippen molar-refractivity contribution >= 4 is 5.97 Å². The molecule has 2 N–H and O–H groups in total. The van der Waals surface area contributed by atoms with E-state index in [1.54, 1.807) is 12.1 Å². The highest BCUT2D eigenvalue weighted by atomic mass is 16.4. The second kappa shape index (κ2) is 10.8. The Hall–Kier alpha value is -2.68. The van der Waals surface area contributed by atoms with Crippen molar-refractivity contribution in [3.63, 3.8) is 0 Å². The maximum Gasteiger partial charge on any atom is 0.335 e. The van der Waals surface area contributed by atoms with Gasteiger partial charge in [-0.05, 0) is 87.3 Å². The lowest BCUT2D eigenvalue weighted by Crippen LogP contribution is -2.43. The Labute approximate surface area is 191 Å². The van der Waals surface area contributed by atoms with Gasteiger partial charge in [-0.15, -0.1) is 0 Å². The third kappa shape index (κ3) is 5.97. The van der Waals surface area contributed by atoms with Gasteiger partial charge in [0.05, 0.1) is 17.7 Å². The Kier molecular flexibility index (Phi) is 7.57. The van der Waals surface area contributed by atoms with Crippen LogP contribution in [0.25, 0.3) is 0 Å². The molecule has 0 amide bonds. The molecular weight excluding hydrogens is 398 g/mol. The van der Waals surface area contributed by atoms with E-state index in [1.165, 1.54) is 11.1 Å². The number of hydrogen-bond donors (Lipinski definition) is 2. The molecule has 2 aliphatic rings. The van der Waals surface area contributed by atoms with E-state index in [-0.39, 0.29) is 6.04 Å². The lowest BCUT2D eigenvalue weighted by molar-refractivity contribution is 0.0697. The second-order valence-electron chi connectivity index (χ2n) is 9.27. The van der Waals surface area contributed by atoms with Crippen LogP contribution in [0.5, 0.6) is 0 Å². The van der Waals surface area contributed by atoms with E-state index in [4.69, 9.17) is 5.11 Å². The molecule has 1 saturated carbocycles. The van der Waals surface area contributed by atoms with Gasteiger partial charge < -0.3 is 10.0 Å². The Morgan fingerprint density at radius 2 is 1.81 bits per heavy atom. The highest BCUT2D eigenvalue weighted by Crippen LogP contribution is 2.41. The fourth-order valence-corrected chi connectivity index (χ4v) is 4.95. The molecular formula is C27H33N3O2. The predicted octanol–water partition coefficient (Wildman–Crippen LogP) is 4.46. The molecule has 1 heterocycles. The van der Waals surface area contributed by atoms with E-state index in [0.717, 1.165) is 58.2 Å². The number of carboxylic acid groups (broad SMARTS) is 1. The number of nitriles is 1. The summed E-state index contributed by atoms with van der Waals surface area (Å²) in [6.45, 7) is 3.25. The summed E-state index contributed by atoms with van der Waals surface area (Å²) in [5.74, 6) is 0.135. The smallest absolute Gasteiger partial charge is 0.335 e. The molecule has 0 radical (unpaired) electrons. The fraction of sp³-hybridized carbons (Fsp3) is 0.481. The minimum atomic E-state index is -0.873. The van der Waals surface area contributed by atoms with E-state index in [9.17, 15) is 10.1 Å². The molecule has 1 aliphatic heterocycles. The lowest BCUT2D eigenvalue weighted by atomic mass is 9.89. The van der Waals surface area contributed by atoms with E-state index >= 15 is 0 Å². The second-order valence-corrected chi connectivity index (χ2v) is 9.27. The van der Waals surface area contributed by atoms with Crippen LogP contribution in [0.4, 0.5) is 0 Å². The van der Waals surface area contributed by atoms with E-state index in [2.05, 4.69) is 46.6 Å². The first-order valence-corrected chi connectivity index (χ1v) is 11.9. The molecule has 2 aromatic carbocycles. The minimum Gasteiger partial charge on any atom is -0.478 e. The SMILES string of the molecule is N#CC(NC1C[C@H]1c1ccccc1)C1CCN(CCCCc2ccc(C(=O)O)cc2)CC1. The van der Waals surface area contributed by atoms with Crippen molar-refractivity contribution < 1.29 is 9.90 Å². The zero-order valence-electron chi connectivity index (χ0n) is 18.6. The third-order valence-corrected chi connectivity index (χ3v) is 7.05. The van der Waals surface area contributed by atoms with Crippen molar-refractivity contribution in [1.29, 1.82) is 5.26 Å². The molecule has 0 aromatic heterocycles. The minimum absolute atomic E-state index is 0.0374. The molecule has 5 nitrogen and oxygen atoms in total. The van der Waals surface area contributed by atoms with Gasteiger partial charge in [0.25, 0.3) is 0 Å². The van der Waals surface area contributed by atoms with Crippen molar-refractivity contribution in [2.75, 3.05) is 19.6 Å². The number of nitrogens with one attached hydrogen (secondary N) is 1. The number of aromatic carboxylic acids is 1. The normalized spacial score (nSPS) is 22.2. The van der Waals surface area contributed by atoms with Crippen LogP contribution in [-0.2, 0) is 6.42 Å². The number of benzene rings is 2. The quantitative estimate of drug-likeness (QED) is 0.543. The maximum absolute atomic E-state index is 10.9. The number of unbranched alkanes of at least 4 members (excludes halogenated alkanes) is 1. The van der Waals surface area contributed by atoms with Gasteiger partial charge >= 0.3 is 5.97 Å². The van der Waals surface area contributed by atoms with Gasteiger partial charge in [-0.2, -0.15) is 5.26 Å². The van der Waals surface area contributed by atoms with Gasteiger partial charge in [0.2, 0.25) is 0 Å². The van der Waals surface area contributed by atoms with Crippen molar-refractivity contribution in [2.24, 2.45) is 5.92 Å². The van der Waals surface area contributed by atoms with Crippen molar-refractivity contribution in [1.82, 2.24) is 10.2 Å². The first-order chi connectivity index (χ1) is 15.6. The van der Waals surface area contributed by atoms with Crippen LogP contribution in [0, 0.1) is 17.2 Å². The molecule has 2 aromatic rings. The van der Waals surface area contributed by atoms with Gasteiger partial charge in [0, 0.05) is 12.0 Å². The molecule has 32 heavy (non-hydrogen) atoms. The van der Waals surface area contributed by atoms with Crippen LogP contribution in [0.15, 0.2) is 54.6 Å². The topological polar surface area (TPSA) is 76.4 Å². The van der Waals surface area contributed by atoms with Crippen molar-refractivity contribution in [2.45, 2.75) is 56.5 Å².